The average molecular weight is 460 g/mol. The van der Waals surface area contributed by atoms with Crippen molar-refractivity contribution in [2.75, 3.05) is 17.9 Å². The van der Waals surface area contributed by atoms with E-state index in [0.29, 0.717) is 5.16 Å². The van der Waals surface area contributed by atoms with Crippen LogP contribution < -0.4 is 15.5 Å². The molecule has 28 heavy (non-hydrogen) atoms. The Morgan fingerprint density at radius 3 is 2.57 bits per heavy atom. The number of ether oxygens (including phenoxy) is 1. The Bertz CT molecular complexity index is 991. The molecule has 0 fully saturated rings. The third kappa shape index (κ3) is 3.72. The van der Waals surface area contributed by atoms with Gasteiger partial charge in [0.2, 0.25) is 11.1 Å². The van der Waals surface area contributed by atoms with E-state index in [2.05, 4.69) is 36.9 Å². The summed E-state index contributed by atoms with van der Waals surface area (Å²) in [6.45, 7) is 1.87. The molecule has 7 nitrogen and oxygen atoms in total. The number of fused-ring (bicyclic) bond motifs is 1. The molecule has 2 N–H and O–H groups in total. The Morgan fingerprint density at radius 1 is 1.18 bits per heavy atom. The van der Waals surface area contributed by atoms with E-state index in [1.54, 1.807) is 7.11 Å². The van der Waals surface area contributed by atoms with E-state index in [1.807, 2.05) is 60.1 Å². The second kappa shape index (κ2) is 7.84. The number of carbonyl (C=O) groups excluding carboxylic acids is 1. The van der Waals surface area contributed by atoms with Gasteiger partial charge in [0.1, 0.15) is 16.8 Å². The summed E-state index contributed by atoms with van der Waals surface area (Å²) in [4.78, 5) is 13.1. The first kappa shape index (κ1) is 18.8. The molecule has 0 bridgehead atoms. The molecule has 0 radical (unpaired) electrons. The summed E-state index contributed by atoms with van der Waals surface area (Å²) in [6.07, 6.45) is 0. The molecule has 1 amide bonds. The fraction of sp³-hybridized carbons (Fsp3) is 0.211. The van der Waals surface area contributed by atoms with Gasteiger partial charge >= 0.3 is 0 Å². The fourth-order valence-corrected chi connectivity index (χ4v) is 4.36. The number of nitrogens with zero attached hydrogens (tertiary/aromatic N) is 3. The number of amides is 1. The molecule has 9 heteroatoms. The maximum Gasteiger partial charge on any atom is 0.240 e. The van der Waals surface area contributed by atoms with E-state index in [-0.39, 0.29) is 11.9 Å². The van der Waals surface area contributed by atoms with Crippen LogP contribution in [0.4, 0.5) is 5.69 Å². The van der Waals surface area contributed by atoms with Crippen LogP contribution in [0.3, 0.4) is 0 Å². The van der Waals surface area contributed by atoms with Crippen LogP contribution in [0.25, 0.3) is 0 Å². The van der Waals surface area contributed by atoms with Crippen LogP contribution in [-0.4, -0.2) is 33.1 Å². The lowest BCUT2D eigenvalue weighted by molar-refractivity contribution is -0.116. The Labute approximate surface area is 175 Å². The monoisotopic (exact) mass is 459 g/mol. The number of hydrogen-bond acceptors (Lipinski definition) is 6. The van der Waals surface area contributed by atoms with Gasteiger partial charge in [-0.05, 0) is 48.9 Å². The van der Waals surface area contributed by atoms with Gasteiger partial charge in [-0.15, -0.1) is 10.2 Å². The van der Waals surface area contributed by atoms with Gasteiger partial charge in [-0.25, -0.2) is 4.68 Å². The molecule has 0 saturated heterocycles. The number of nitrogens with one attached hydrogen (secondary N) is 2. The molecule has 0 spiro atoms. The van der Waals surface area contributed by atoms with Crippen molar-refractivity contribution >= 4 is 39.3 Å². The minimum Gasteiger partial charge on any atom is -0.497 e. The smallest absolute Gasteiger partial charge is 0.240 e. The van der Waals surface area contributed by atoms with Crippen molar-refractivity contribution in [1.29, 1.82) is 0 Å². The highest BCUT2D eigenvalue weighted by atomic mass is 79.9. The number of halogens is 1. The highest BCUT2D eigenvalue weighted by Gasteiger charge is 2.37. The molecule has 1 aliphatic heterocycles. The number of carbonyl (C=O) groups is 1. The first-order valence-electron chi connectivity index (χ1n) is 8.61. The second-order valence-corrected chi connectivity index (χ2v) is 8.30. The Balaban J connectivity index is 1.64. The SMILES string of the molecule is COc1ccc([C@H]2Nn3c(C)nnc3S[C@@H]2C(=O)Nc2ccc(Br)cc2)cc1. The number of aryl methyl sites for hydroxylation is 1. The number of thioether (sulfide) groups is 1. The van der Waals surface area contributed by atoms with Gasteiger partial charge in [0.25, 0.3) is 0 Å². The number of rotatable bonds is 4. The zero-order valence-electron chi connectivity index (χ0n) is 15.2. The van der Waals surface area contributed by atoms with Crippen molar-refractivity contribution in [3.63, 3.8) is 0 Å². The lowest BCUT2D eigenvalue weighted by atomic mass is 10.0. The summed E-state index contributed by atoms with van der Waals surface area (Å²) >= 11 is 4.80. The predicted octanol–water partition coefficient (Wildman–Crippen LogP) is 3.76. The molecule has 0 aliphatic carbocycles. The van der Waals surface area contributed by atoms with E-state index in [0.717, 1.165) is 27.3 Å². The lowest BCUT2D eigenvalue weighted by Gasteiger charge is -2.32. The summed E-state index contributed by atoms with van der Waals surface area (Å²) in [5.74, 6) is 1.41. The van der Waals surface area contributed by atoms with Crippen molar-refractivity contribution in [2.24, 2.45) is 0 Å². The molecule has 1 aromatic heterocycles. The first-order valence-corrected chi connectivity index (χ1v) is 10.3. The van der Waals surface area contributed by atoms with Crippen molar-refractivity contribution < 1.29 is 9.53 Å². The quantitative estimate of drug-likeness (QED) is 0.618. The van der Waals surface area contributed by atoms with E-state index >= 15 is 0 Å². The summed E-state index contributed by atoms with van der Waals surface area (Å²) in [6, 6.07) is 14.9. The largest absolute Gasteiger partial charge is 0.497 e. The van der Waals surface area contributed by atoms with E-state index in [4.69, 9.17) is 4.74 Å². The highest BCUT2D eigenvalue weighted by molar-refractivity contribution is 9.10. The zero-order chi connectivity index (χ0) is 19.7. The zero-order valence-corrected chi connectivity index (χ0v) is 17.6. The van der Waals surface area contributed by atoms with Crippen molar-refractivity contribution in [1.82, 2.24) is 14.9 Å². The molecule has 3 aromatic rings. The van der Waals surface area contributed by atoms with Crippen LogP contribution >= 0.6 is 27.7 Å². The average Bonchev–Trinajstić information content (AvgIpc) is 3.09. The van der Waals surface area contributed by atoms with Crippen molar-refractivity contribution in [3.05, 3.63) is 64.4 Å². The normalized spacial score (nSPS) is 18.1. The Hall–Kier alpha value is -2.52. The molecule has 0 unspecified atom stereocenters. The summed E-state index contributed by atoms with van der Waals surface area (Å²) in [7, 11) is 1.63. The standard InChI is InChI=1S/C19H18BrN5O2S/c1-11-22-23-19-25(11)24-16(12-3-9-15(27-2)10-4-12)17(28-19)18(26)21-14-7-5-13(20)6-8-14/h3-10,16-17,24H,1-2H3,(H,21,26)/t16-,17+/m1/s1. The van der Waals surface area contributed by atoms with E-state index in [1.165, 1.54) is 11.8 Å². The second-order valence-electron chi connectivity index (χ2n) is 6.28. The van der Waals surface area contributed by atoms with Gasteiger partial charge < -0.3 is 15.5 Å². The fourth-order valence-electron chi connectivity index (χ4n) is 2.97. The third-order valence-corrected chi connectivity index (χ3v) is 6.19. The topological polar surface area (TPSA) is 81.1 Å². The molecule has 2 aromatic carbocycles. The summed E-state index contributed by atoms with van der Waals surface area (Å²) in [5, 5.41) is 11.5. The lowest BCUT2D eigenvalue weighted by Crippen LogP contribution is -2.41. The van der Waals surface area contributed by atoms with Gasteiger partial charge in [-0.2, -0.15) is 0 Å². The summed E-state index contributed by atoms with van der Waals surface area (Å²) < 4.78 is 8.03. The molecule has 0 saturated carbocycles. The van der Waals surface area contributed by atoms with Crippen LogP contribution in [0.2, 0.25) is 0 Å². The molecule has 4 rings (SSSR count). The molecule has 2 atom stereocenters. The maximum absolute atomic E-state index is 13.1. The predicted molar refractivity (Wildman–Crippen MR) is 112 cm³/mol. The van der Waals surface area contributed by atoms with Crippen molar-refractivity contribution in [3.8, 4) is 5.75 Å². The van der Waals surface area contributed by atoms with Crippen LogP contribution in [0.5, 0.6) is 5.75 Å². The molecule has 144 valence electrons. The van der Waals surface area contributed by atoms with E-state index in [9.17, 15) is 4.79 Å². The van der Waals surface area contributed by atoms with Gasteiger partial charge in [-0.3, -0.25) is 4.79 Å². The minimum atomic E-state index is -0.423. The summed E-state index contributed by atoms with van der Waals surface area (Å²) in [5.41, 5.74) is 5.10. The van der Waals surface area contributed by atoms with Crippen molar-refractivity contribution in [2.45, 2.75) is 23.4 Å². The molecule has 1 aliphatic rings. The number of aromatic nitrogens is 3. The van der Waals surface area contributed by atoms with Crippen LogP contribution in [0.15, 0.2) is 58.2 Å². The molecular weight excluding hydrogens is 442 g/mol. The van der Waals surface area contributed by atoms with E-state index < -0.39 is 5.25 Å². The Kier molecular flexibility index (Phi) is 5.27. The van der Waals surface area contributed by atoms with Gasteiger partial charge in [-0.1, -0.05) is 39.8 Å². The number of hydrogen-bond donors (Lipinski definition) is 2. The maximum atomic E-state index is 13.1. The van der Waals surface area contributed by atoms with Gasteiger partial charge in [0.15, 0.2) is 0 Å². The van der Waals surface area contributed by atoms with Gasteiger partial charge in [0, 0.05) is 10.2 Å². The third-order valence-electron chi connectivity index (χ3n) is 4.44. The highest BCUT2D eigenvalue weighted by Crippen LogP contribution is 2.37. The van der Waals surface area contributed by atoms with Crippen LogP contribution in [-0.2, 0) is 4.79 Å². The molecule has 2 heterocycles. The molecular formula is C19H18BrN5O2S. The minimum absolute atomic E-state index is 0.104. The number of methoxy groups -OCH3 is 1. The number of anilines is 1. The van der Waals surface area contributed by atoms with Crippen LogP contribution in [0, 0.1) is 6.92 Å². The Morgan fingerprint density at radius 2 is 1.89 bits per heavy atom. The van der Waals surface area contributed by atoms with Gasteiger partial charge in [0.05, 0.1) is 13.2 Å². The number of benzene rings is 2. The van der Waals surface area contributed by atoms with Crippen LogP contribution in [0.1, 0.15) is 17.4 Å². The first-order chi connectivity index (χ1) is 13.5.